The Labute approximate surface area is 100 Å². The molecule has 0 radical (unpaired) electrons. The van der Waals surface area contributed by atoms with E-state index in [9.17, 15) is 0 Å². The van der Waals surface area contributed by atoms with Crippen molar-refractivity contribution >= 4 is 0 Å². The van der Waals surface area contributed by atoms with Gasteiger partial charge < -0.3 is 4.74 Å². The zero-order valence-electron chi connectivity index (χ0n) is 6.83. The van der Waals surface area contributed by atoms with Crippen molar-refractivity contribution < 1.29 is 58.1 Å². The van der Waals surface area contributed by atoms with Crippen LogP contribution in [0.1, 0.15) is 0 Å². The second-order valence-corrected chi connectivity index (χ2v) is 1.44. The summed E-state index contributed by atoms with van der Waals surface area (Å²) in [6.45, 7) is 0. The van der Waals surface area contributed by atoms with Crippen LogP contribution in [0.25, 0.3) is 0 Å². The average molecular weight is 307 g/mol. The molecule has 1 nitrogen and oxygen atoms in total. The molecule has 0 unspecified atom stereocenters. The third kappa shape index (κ3) is 7.34. The van der Waals surface area contributed by atoms with Gasteiger partial charge >= 0.3 is 53.4 Å². The molecule has 0 bridgehead atoms. The Balaban J connectivity index is 0. The summed E-state index contributed by atoms with van der Waals surface area (Å²) in [5.41, 5.74) is 0. The van der Waals surface area contributed by atoms with Crippen LogP contribution in [0, 0.1) is 6.07 Å². The molecule has 0 saturated heterocycles. The van der Waals surface area contributed by atoms with E-state index in [0.29, 0.717) is 0 Å². The topological polar surface area (TPSA) is 9.23 Å². The molecule has 0 fully saturated rings. The fourth-order valence-electron chi connectivity index (χ4n) is 0.508. The van der Waals surface area contributed by atoms with E-state index in [1.165, 1.54) is 14.8 Å². The number of benzene rings is 1. The van der Waals surface area contributed by atoms with Gasteiger partial charge in [-0.15, -0.1) is 12.1 Å². The van der Waals surface area contributed by atoms with Crippen molar-refractivity contribution in [1.82, 2.24) is 0 Å². The molecule has 0 N–H and O–H groups in total. The van der Waals surface area contributed by atoms with E-state index in [1.54, 1.807) is 7.11 Å². The van der Waals surface area contributed by atoms with E-state index in [2.05, 4.69) is 25.8 Å². The summed E-state index contributed by atoms with van der Waals surface area (Å²) in [4.78, 5) is 0. The first-order valence-electron chi connectivity index (χ1n) is 2.72. The van der Waals surface area contributed by atoms with Crippen molar-refractivity contribution in [3.63, 3.8) is 0 Å². The molecule has 0 heterocycles. The second-order valence-electron chi connectivity index (χ2n) is 1.44. The molecule has 50 valence electrons. The van der Waals surface area contributed by atoms with Crippen LogP contribution in [0.4, 0.5) is 0 Å². The van der Waals surface area contributed by atoms with Gasteiger partial charge in [-0.25, -0.2) is 0 Å². The molecular formula is C7H8ILiOZn+2. The minimum atomic E-state index is 0. The van der Waals surface area contributed by atoms with Crippen molar-refractivity contribution in [2.75, 3.05) is 7.11 Å². The van der Waals surface area contributed by atoms with Gasteiger partial charge in [0.15, 0.2) is 0 Å². The van der Waals surface area contributed by atoms with Crippen molar-refractivity contribution in [3.05, 3.63) is 30.3 Å². The molecule has 0 amide bonds. The van der Waals surface area contributed by atoms with E-state index >= 15 is 0 Å². The van der Waals surface area contributed by atoms with Crippen LogP contribution < -0.4 is 43.3 Å². The van der Waals surface area contributed by atoms with Crippen LogP contribution in [0.5, 0.6) is 5.75 Å². The Morgan fingerprint density at radius 1 is 1.36 bits per heavy atom. The molecule has 0 atom stereocenters. The van der Waals surface area contributed by atoms with Crippen LogP contribution in [0.15, 0.2) is 24.3 Å². The van der Waals surface area contributed by atoms with E-state index in [4.69, 9.17) is 4.74 Å². The molecule has 1 aromatic rings. The summed E-state index contributed by atoms with van der Waals surface area (Å²) in [7, 11) is 1.65. The number of ether oxygens (including phenoxy) is 1. The standard InChI is InChI=1S/C7H7O.HI.Li.Zn/c1-8-7-5-3-2-4-6-7;;;/h3-6H,1H3;1H;;/q-1;;+1;+2. The van der Waals surface area contributed by atoms with E-state index in [1.807, 2.05) is 24.3 Å². The van der Waals surface area contributed by atoms with Gasteiger partial charge in [-0.2, -0.15) is 18.2 Å². The Morgan fingerprint density at radius 3 is 2.09 bits per heavy atom. The Bertz CT molecular complexity index is 160. The number of methoxy groups -OCH3 is 1. The van der Waals surface area contributed by atoms with Crippen LogP contribution >= 0.6 is 0 Å². The van der Waals surface area contributed by atoms with Crippen LogP contribution in [0.3, 0.4) is 0 Å². The summed E-state index contributed by atoms with van der Waals surface area (Å²) in [5, 5.41) is 0. The first-order valence-corrected chi connectivity index (χ1v) is 12.5. The minimum absolute atomic E-state index is 0. The van der Waals surface area contributed by atoms with Gasteiger partial charge in [-0.05, 0) is 0 Å². The Kier molecular flexibility index (Phi) is 14.5. The van der Waals surface area contributed by atoms with Gasteiger partial charge in [0.25, 0.3) is 0 Å². The van der Waals surface area contributed by atoms with Crippen molar-refractivity contribution in [1.29, 1.82) is 0 Å². The molecule has 1 rings (SSSR count). The molecule has 0 aliphatic heterocycles. The number of hydrogen-bond donors (Lipinski definition) is 0. The van der Waals surface area contributed by atoms with Gasteiger partial charge in [0.1, 0.15) is 0 Å². The van der Waals surface area contributed by atoms with Gasteiger partial charge in [0.2, 0.25) is 0 Å². The zero-order chi connectivity index (χ0) is 7.82. The molecular weight excluding hydrogens is 299 g/mol. The fraction of sp³-hybridized carbons (Fsp3) is 0.143. The van der Waals surface area contributed by atoms with Gasteiger partial charge in [-0.3, -0.25) is 0 Å². The van der Waals surface area contributed by atoms with E-state index in [0.717, 1.165) is 5.75 Å². The fourth-order valence-corrected chi connectivity index (χ4v) is 0.508. The molecule has 0 saturated carbocycles. The first-order chi connectivity index (χ1) is 4.93. The molecule has 1 aromatic carbocycles. The van der Waals surface area contributed by atoms with Gasteiger partial charge in [0.05, 0.1) is 7.11 Å². The summed E-state index contributed by atoms with van der Waals surface area (Å²) >= 11 is 3.46. The van der Waals surface area contributed by atoms with Crippen molar-refractivity contribution in [2.24, 2.45) is 0 Å². The predicted octanol–water partition coefficient (Wildman–Crippen LogP) is -4.77. The predicted molar refractivity (Wildman–Crippen MR) is 33.2 cm³/mol. The van der Waals surface area contributed by atoms with Crippen LogP contribution in [-0.4, -0.2) is 7.11 Å². The quantitative estimate of drug-likeness (QED) is 0.288. The molecule has 11 heavy (non-hydrogen) atoms. The maximum absolute atomic E-state index is 4.89. The summed E-state index contributed by atoms with van der Waals surface area (Å²) in [6, 6.07) is 10.2. The molecule has 4 heteroatoms. The maximum atomic E-state index is 4.89. The summed E-state index contributed by atoms with van der Waals surface area (Å²) < 4.78 is 4.89. The zero-order valence-corrected chi connectivity index (χ0v) is 12.1. The van der Waals surface area contributed by atoms with Gasteiger partial charge in [-0.1, -0.05) is 0 Å². The number of halogens is 1. The van der Waals surface area contributed by atoms with Gasteiger partial charge in [0, 0.05) is 5.75 Å². The molecule has 0 aliphatic carbocycles. The van der Waals surface area contributed by atoms with Crippen molar-refractivity contribution in [2.45, 2.75) is 0 Å². The molecule has 0 spiro atoms. The SMILES string of the molecule is COc1cc[c-]cc1.[Li+].[Zn+][IH+]. The monoisotopic (exact) mass is 306 g/mol. The van der Waals surface area contributed by atoms with Crippen LogP contribution in [0.2, 0.25) is 0 Å². The Morgan fingerprint density at radius 2 is 1.82 bits per heavy atom. The normalized spacial score (nSPS) is 6.91. The third-order valence-electron chi connectivity index (χ3n) is 0.923. The first kappa shape index (κ1) is 14.5. The molecule has 0 aromatic heterocycles. The Hall–Kier alpha value is 0.971. The second kappa shape index (κ2) is 11.0. The molecule has 0 aliphatic rings. The average Bonchev–Trinajstić information content (AvgIpc) is 2.10. The summed E-state index contributed by atoms with van der Waals surface area (Å²) in [6.07, 6.45) is 0. The third-order valence-corrected chi connectivity index (χ3v) is 0.923. The number of rotatable bonds is 1. The van der Waals surface area contributed by atoms with E-state index in [-0.39, 0.29) is 18.9 Å². The van der Waals surface area contributed by atoms with E-state index < -0.39 is 0 Å². The van der Waals surface area contributed by atoms with Crippen molar-refractivity contribution in [3.8, 4) is 5.75 Å². The van der Waals surface area contributed by atoms with Crippen LogP contribution in [-0.2, 0) is 14.8 Å². The summed E-state index contributed by atoms with van der Waals surface area (Å²) in [5.74, 6) is 0.878. The number of hydrogen-bond acceptors (Lipinski definition) is 1.